The number of hydrogen-bond donors (Lipinski definition) is 2. The Morgan fingerprint density at radius 2 is 1.65 bits per heavy atom. The normalized spacial score (nSPS) is 17.2. The number of benzene rings is 2. The number of carbonyl (C=O) groups excluding carboxylic acids is 2. The van der Waals surface area contributed by atoms with Crippen LogP contribution in [0.1, 0.15) is 47.0 Å². The zero-order valence-electron chi connectivity index (χ0n) is 24.5. The number of para-hydroxylation sites is 1. The van der Waals surface area contributed by atoms with Crippen LogP contribution in [0.3, 0.4) is 0 Å². The van der Waals surface area contributed by atoms with Crippen molar-refractivity contribution in [2.45, 2.75) is 37.5 Å². The molecule has 2 aromatic carbocycles. The fraction of sp³-hybridized carbons (Fsp3) is 0.312. The fourth-order valence-electron chi connectivity index (χ4n) is 5.57. The Hall–Kier alpha value is -5.14. The Morgan fingerprint density at radius 3 is 2.35 bits per heavy atom. The lowest BCUT2D eigenvalue weighted by Crippen LogP contribution is -2.34. The molecule has 2 N–H and O–H groups in total. The molecular weight excluding hydrogens is 608 g/mol. The Kier molecular flexibility index (Phi) is 8.77. The number of oxazole rings is 1. The average Bonchev–Trinajstić information content (AvgIpc) is 3.72. The maximum absolute atomic E-state index is 13.9. The number of halogens is 4. The van der Waals surface area contributed by atoms with E-state index in [0.29, 0.717) is 38.9 Å². The monoisotopic (exact) mass is 638 g/mol. The van der Waals surface area contributed by atoms with Gasteiger partial charge in [0.1, 0.15) is 11.9 Å². The van der Waals surface area contributed by atoms with Gasteiger partial charge in [0, 0.05) is 32.1 Å². The van der Waals surface area contributed by atoms with Crippen molar-refractivity contribution in [3.8, 4) is 5.88 Å². The molecule has 10 nitrogen and oxygen atoms in total. The number of ether oxygens (including phenoxy) is 1. The number of anilines is 3. The molecule has 0 saturated carbocycles. The van der Waals surface area contributed by atoms with Crippen molar-refractivity contribution in [2.24, 2.45) is 0 Å². The van der Waals surface area contributed by atoms with Gasteiger partial charge in [-0.1, -0.05) is 42.5 Å². The van der Waals surface area contributed by atoms with Gasteiger partial charge in [-0.25, -0.2) is 14.2 Å². The zero-order valence-corrected chi connectivity index (χ0v) is 24.5. The number of nitrogens with one attached hydrogen (secondary N) is 2. The highest BCUT2D eigenvalue weighted by molar-refractivity contribution is 6.03. The van der Waals surface area contributed by atoms with Crippen LogP contribution in [-0.2, 0) is 6.18 Å². The standard InChI is InChI=1S/C32H30F4N6O4/c33-24-8-4-5-9-25(24)39-30(44)42-17-14-23(19-42)45-26-11-10-22(18-37-26)38-29(43)27-28(32(34,35)36)40-31(46-27)41-15-12-21(13-16-41)20-6-2-1-3-7-20/h1-11,18,21,23H,12-17,19H2,(H,38,43)(H,39,44). The number of aromatic nitrogens is 2. The number of pyridine rings is 1. The summed E-state index contributed by atoms with van der Waals surface area (Å²) in [6.45, 7) is 1.47. The van der Waals surface area contributed by atoms with Crippen LogP contribution in [-0.4, -0.2) is 59.1 Å². The maximum atomic E-state index is 13.9. The number of amides is 3. The molecule has 2 saturated heterocycles. The van der Waals surface area contributed by atoms with Crippen molar-refractivity contribution >= 4 is 29.3 Å². The van der Waals surface area contributed by atoms with Crippen LogP contribution in [0.5, 0.6) is 5.88 Å². The molecule has 0 spiro atoms. The van der Waals surface area contributed by atoms with Gasteiger partial charge in [0.05, 0.1) is 24.1 Å². The molecule has 6 rings (SSSR count). The minimum atomic E-state index is -4.91. The number of rotatable bonds is 7. The first-order valence-electron chi connectivity index (χ1n) is 14.8. The van der Waals surface area contributed by atoms with Gasteiger partial charge in [0.25, 0.3) is 11.9 Å². The summed E-state index contributed by atoms with van der Waals surface area (Å²) in [5, 5.41) is 4.92. The van der Waals surface area contributed by atoms with E-state index < -0.39 is 35.4 Å². The zero-order chi connectivity index (χ0) is 32.3. The van der Waals surface area contributed by atoms with Crippen LogP contribution in [0.4, 0.5) is 39.7 Å². The average molecular weight is 639 g/mol. The first kappa shape index (κ1) is 30.9. The summed E-state index contributed by atoms with van der Waals surface area (Å²) in [5.74, 6) is -2.14. The number of carbonyl (C=O) groups is 2. The highest BCUT2D eigenvalue weighted by Gasteiger charge is 2.42. The topological polar surface area (TPSA) is 113 Å². The van der Waals surface area contributed by atoms with Crippen molar-refractivity contribution in [3.05, 3.63) is 95.8 Å². The molecule has 46 heavy (non-hydrogen) atoms. The van der Waals surface area contributed by atoms with Crippen LogP contribution in [0, 0.1) is 5.82 Å². The van der Waals surface area contributed by atoms with Gasteiger partial charge in [0.15, 0.2) is 5.69 Å². The summed E-state index contributed by atoms with van der Waals surface area (Å²) >= 11 is 0. The van der Waals surface area contributed by atoms with E-state index in [9.17, 15) is 27.2 Å². The van der Waals surface area contributed by atoms with E-state index in [1.807, 2.05) is 30.3 Å². The molecule has 3 amide bonds. The summed E-state index contributed by atoms with van der Waals surface area (Å²) in [6.07, 6.45) is -2.15. The molecule has 2 aliphatic heterocycles. The fourth-order valence-corrected chi connectivity index (χ4v) is 5.57. The van der Waals surface area contributed by atoms with E-state index >= 15 is 0 Å². The molecule has 2 aliphatic rings. The summed E-state index contributed by atoms with van der Waals surface area (Å²) in [4.78, 5) is 36.4. The van der Waals surface area contributed by atoms with Crippen LogP contribution in [0.15, 0.2) is 77.3 Å². The number of urea groups is 1. The van der Waals surface area contributed by atoms with Crippen LogP contribution < -0.4 is 20.3 Å². The Bertz CT molecular complexity index is 1670. The third-order valence-electron chi connectivity index (χ3n) is 7.96. The molecule has 2 aromatic heterocycles. The molecule has 0 aliphatic carbocycles. The van der Waals surface area contributed by atoms with Gasteiger partial charge in [-0.3, -0.25) is 4.79 Å². The van der Waals surface area contributed by atoms with Crippen molar-refractivity contribution < 1.29 is 36.3 Å². The molecule has 14 heteroatoms. The lowest BCUT2D eigenvalue weighted by Gasteiger charge is -2.31. The molecule has 0 radical (unpaired) electrons. The maximum Gasteiger partial charge on any atom is 0.437 e. The van der Waals surface area contributed by atoms with Crippen LogP contribution >= 0.6 is 0 Å². The van der Waals surface area contributed by atoms with Gasteiger partial charge < -0.3 is 29.6 Å². The SMILES string of the molecule is O=C(Nc1ccc(OC2CCN(C(=O)Nc3ccccc3F)C2)nc1)c1oc(N2CCC(c3ccccc3)CC2)nc1C(F)(F)F. The second-order valence-electron chi connectivity index (χ2n) is 11.1. The molecule has 1 atom stereocenters. The Morgan fingerprint density at radius 1 is 0.913 bits per heavy atom. The number of likely N-dealkylation sites (tertiary alicyclic amines) is 1. The van der Waals surface area contributed by atoms with E-state index in [0.717, 1.165) is 0 Å². The molecular formula is C32H30F4N6O4. The summed E-state index contributed by atoms with van der Waals surface area (Å²) in [5.41, 5.74) is -0.0409. The number of piperidine rings is 1. The van der Waals surface area contributed by atoms with Gasteiger partial charge in [-0.15, -0.1) is 0 Å². The molecule has 240 valence electrons. The highest BCUT2D eigenvalue weighted by Crippen LogP contribution is 2.36. The van der Waals surface area contributed by atoms with Crippen molar-refractivity contribution in [2.75, 3.05) is 41.7 Å². The van der Waals surface area contributed by atoms with E-state index in [-0.39, 0.29) is 41.8 Å². The van der Waals surface area contributed by atoms with E-state index in [1.165, 1.54) is 47.0 Å². The minimum Gasteiger partial charge on any atom is -0.472 e. The van der Waals surface area contributed by atoms with Crippen LogP contribution in [0.2, 0.25) is 0 Å². The van der Waals surface area contributed by atoms with E-state index in [4.69, 9.17) is 9.15 Å². The van der Waals surface area contributed by atoms with E-state index in [1.54, 1.807) is 11.0 Å². The molecule has 1 unspecified atom stereocenters. The second-order valence-corrected chi connectivity index (χ2v) is 11.1. The Labute approximate surface area is 261 Å². The summed E-state index contributed by atoms with van der Waals surface area (Å²) in [7, 11) is 0. The Balaban J connectivity index is 1.05. The third-order valence-corrected chi connectivity index (χ3v) is 7.96. The summed E-state index contributed by atoms with van der Waals surface area (Å²) in [6, 6.07) is 17.9. The highest BCUT2D eigenvalue weighted by atomic mass is 19.4. The van der Waals surface area contributed by atoms with Gasteiger partial charge >= 0.3 is 12.2 Å². The van der Waals surface area contributed by atoms with Gasteiger partial charge in [-0.2, -0.15) is 18.2 Å². The van der Waals surface area contributed by atoms with Crippen molar-refractivity contribution in [1.82, 2.24) is 14.9 Å². The lowest BCUT2D eigenvalue weighted by molar-refractivity contribution is -0.141. The number of alkyl halides is 3. The predicted octanol–water partition coefficient (Wildman–Crippen LogP) is 6.55. The third kappa shape index (κ3) is 7.05. The predicted molar refractivity (Wildman–Crippen MR) is 160 cm³/mol. The molecule has 4 aromatic rings. The quantitative estimate of drug-likeness (QED) is 0.221. The van der Waals surface area contributed by atoms with Gasteiger partial charge in [-0.05, 0) is 42.5 Å². The molecule has 0 bridgehead atoms. The van der Waals surface area contributed by atoms with Gasteiger partial charge in [0.2, 0.25) is 11.6 Å². The van der Waals surface area contributed by atoms with Crippen molar-refractivity contribution in [3.63, 3.8) is 0 Å². The van der Waals surface area contributed by atoms with E-state index in [2.05, 4.69) is 20.6 Å². The second kappa shape index (κ2) is 13.1. The molecule has 2 fully saturated rings. The van der Waals surface area contributed by atoms with Crippen molar-refractivity contribution in [1.29, 1.82) is 0 Å². The smallest absolute Gasteiger partial charge is 0.437 e. The first-order valence-corrected chi connectivity index (χ1v) is 14.8. The first-order chi connectivity index (χ1) is 22.1. The largest absolute Gasteiger partial charge is 0.472 e. The van der Waals surface area contributed by atoms with Crippen LogP contribution in [0.25, 0.3) is 0 Å². The number of nitrogens with zero attached hydrogens (tertiary/aromatic N) is 4. The minimum absolute atomic E-state index is 0.0727. The summed E-state index contributed by atoms with van der Waals surface area (Å²) < 4.78 is 66.7. The number of hydrogen-bond acceptors (Lipinski definition) is 7. The lowest BCUT2D eigenvalue weighted by atomic mass is 9.90. The molecule has 4 heterocycles.